The Morgan fingerprint density at radius 2 is 1.45 bits per heavy atom. The number of aryl methyl sites for hydroxylation is 1. The fraction of sp³-hybridized carbons (Fsp3) is 0.0500. The molecule has 2 heterocycles. The normalized spacial score (nSPS) is 10.8. The van der Waals surface area contributed by atoms with Crippen LogP contribution in [0.2, 0.25) is 0 Å². The molecule has 6 N–H and O–H groups in total. The number of rotatable bonds is 4. The van der Waals surface area contributed by atoms with Crippen LogP contribution in [0.15, 0.2) is 48.5 Å². The number of nitrogens with one attached hydrogen (secondary N) is 1. The number of nitrogen functional groups attached to an aromatic ring is 2. The highest BCUT2D eigenvalue weighted by atomic mass is 16.4. The molecule has 0 atom stereocenters. The van der Waals surface area contributed by atoms with Gasteiger partial charge in [0.1, 0.15) is 5.82 Å². The molecule has 0 spiro atoms. The average Bonchev–Trinajstić information content (AvgIpc) is 3.14. The first-order valence-corrected chi connectivity index (χ1v) is 8.69. The van der Waals surface area contributed by atoms with E-state index in [4.69, 9.17) is 21.6 Å². The van der Waals surface area contributed by atoms with Crippen LogP contribution in [0.1, 0.15) is 16.2 Å². The van der Waals surface area contributed by atoms with Gasteiger partial charge in [0.15, 0.2) is 11.5 Å². The summed E-state index contributed by atoms with van der Waals surface area (Å²) in [6.07, 6.45) is 0. The predicted octanol–water partition coefficient (Wildman–Crippen LogP) is 2.77. The van der Waals surface area contributed by atoms with E-state index in [-0.39, 0.29) is 11.4 Å². The highest BCUT2D eigenvalue weighted by Gasteiger charge is 2.19. The van der Waals surface area contributed by atoms with Gasteiger partial charge in [-0.15, -0.1) is 0 Å². The maximum Gasteiger partial charge on any atom is 0.335 e. The largest absolute Gasteiger partial charge is 0.478 e. The Bertz CT molecular complexity index is 1200. The number of aromatic amines is 1. The van der Waals surface area contributed by atoms with Crippen molar-refractivity contribution in [3.8, 4) is 34.0 Å². The molecule has 0 unspecified atom stereocenters. The first-order valence-electron chi connectivity index (χ1n) is 8.69. The van der Waals surface area contributed by atoms with Gasteiger partial charge in [0, 0.05) is 16.8 Å². The Hall–Kier alpha value is -4.27. The smallest absolute Gasteiger partial charge is 0.335 e. The van der Waals surface area contributed by atoms with Crippen LogP contribution in [0, 0.1) is 6.92 Å². The molecular weight excluding hydrogens is 370 g/mol. The molecule has 0 saturated heterocycles. The van der Waals surface area contributed by atoms with E-state index < -0.39 is 5.97 Å². The standard InChI is InChI=1S/C20H17N7O2/c1-10-23-19(27-26-10)17-18(22)25-16(11-2-4-13(5-3-11)20(28)29)15(24-17)12-6-8-14(21)9-7-12/h2-9H,21H2,1H3,(H2,22,25)(H,28,29)(H,23,26,27). The van der Waals surface area contributed by atoms with E-state index in [9.17, 15) is 4.79 Å². The minimum absolute atomic E-state index is 0.167. The molecule has 0 aliphatic carbocycles. The summed E-state index contributed by atoms with van der Waals surface area (Å²) in [5, 5.41) is 16.0. The summed E-state index contributed by atoms with van der Waals surface area (Å²) in [4.78, 5) is 24.7. The van der Waals surface area contributed by atoms with Gasteiger partial charge in [0.2, 0.25) is 5.82 Å². The first-order chi connectivity index (χ1) is 13.9. The molecule has 0 fully saturated rings. The van der Waals surface area contributed by atoms with Crippen LogP contribution in [-0.4, -0.2) is 36.2 Å². The van der Waals surface area contributed by atoms with Gasteiger partial charge in [-0.1, -0.05) is 24.3 Å². The van der Waals surface area contributed by atoms with Gasteiger partial charge >= 0.3 is 5.97 Å². The highest BCUT2D eigenvalue weighted by molar-refractivity contribution is 5.89. The van der Waals surface area contributed by atoms with Crippen molar-refractivity contribution in [3.63, 3.8) is 0 Å². The van der Waals surface area contributed by atoms with Crippen molar-refractivity contribution in [1.29, 1.82) is 0 Å². The number of nitrogens with two attached hydrogens (primary N) is 2. The summed E-state index contributed by atoms with van der Waals surface area (Å²) in [7, 11) is 0. The zero-order valence-corrected chi connectivity index (χ0v) is 15.4. The molecule has 29 heavy (non-hydrogen) atoms. The minimum atomic E-state index is -1.00. The van der Waals surface area contributed by atoms with E-state index in [2.05, 4.69) is 20.2 Å². The molecule has 2 aromatic carbocycles. The van der Waals surface area contributed by atoms with Crippen LogP contribution < -0.4 is 11.5 Å². The Kier molecular flexibility index (Phi) is 4.40. The second-order valence-electron chi connectivity index (χ2n) is 6.40. The van der Waals surface area contributed by atoms with Crippen molar-refractivity contribution in [3.05, 3.63) is 59.9 Å². The molecular formula is C20H17N7O2. The van der Waals surface area contributed by atoms with Crippen LogP contribution in [0.4, 0.5) is 11.5 Å². The van der Waals surface area contributed by atoms with Crippen LogP contribution in [0.3, 0.4) is 0 Å². The summed E-state index contributed by atoms with van der Waals surface area (Å²) < 4.78 is 0. The van der Waals surface area contributed by atoms with Crippen LogP contribution in [0.25, 0.3) is 34.0 Å². The maximum atomic E-state index is 11.2. The summed E-state index contributed by atoms with van der Waals surface area (Å²) in [5.41, 5.74) is 15.7. The van der Waals surface area contributed by atoms with Gasteiger partial charge in [0.05, 0.1) is 17.0 Å². The van der Waals surface area contributed by atoms with Crippen LogP contribution >= 0.6 is 0 Å². The topological polar surface area (TPSA) is 157 Å². The van der Waals surface area contributed by atoms with E-state index in [1.165, 1.54) is 12.1 Å². The molecule has 0 saturated carbocycles. The third-order valence-electron chi connectivity index (χ3n) is 4.32. The van der Waals surface area contributed by atoms with Crippen molar-refractivity contribution < 1.29 is 9.90 Å². The zero-order valence-electron chi connectivity index (χ0n) is 15.4. The average molecular weight is 387 g/mol. The Morgan fingerprint density at radius 3 is 2.00 bits per heavy atom. The molecule has 4 aromatic rings. The molecule has 0 amide bonds. The number of carboxylic acid groups (broad SMARTS) is 1. The predicted molar refractivity (Wildman–Crippen MR) is 109 cm³/mol. The van der Waals surface area contributed by atoms with Crippen molar-refractivity contribution in [2.45, 2.75) is 6.92 Å². The lowest BCUT2D eigenvalue weighted by Gasteiger charge is -2.12. The fourth-order valence-corrected chi connectivity index (χ4v) is 2.88. The third kappa shape index (κ3) is 3.48. The number of anilines is 2. The summed E-state index contributed by atoms with van der Waals surface area (Å²) in [6, 6.07) is 13.6. The molecule has 4 rings (SSSR count). The molecule has 0 aliphatic heterocycles. The van der Waals surface area contributed by atoms with E-state index in [0.29, 0.717) is 40.0 Å². The van der Waals surface area contributed by atoms with E-state index in [1.807, 2.05) is 12.1 Å². The Morgan fingerprint density at radius 1 is 0.862 bits per heavy atom. The number of aromatic nitrogens is 5. The van der Waals surface area contributed by atoms with E-state index in [1.54, 1.807) is 31.2 Å². The lowest BCUT2D eigenvalue weighted by Crippen LogP contribution is -2.04. The fourth-order valence-electron chi connectivity index (χ4n) is 2.88. The third-order valence-corrected chi connectivity index (χ3v) is 4.32. The minimum Gasteiger partial charge on any atom is -0.478 e. The number of benzene rings is 2. The summed E-state index contributed by atoms with van der Waals surface area (Å²) >= 11 is 0. The number of carboxylic acids is 1. The van der Waals surface area contributed by atoms with Crippen molar-refractivity contribution in [2.24, 2.45) is 0 Å². The number of carbonyl (C=O) groups is 1. The number of H-pyrrole nitrogens is 1. The molecule has 9 heteroatoms. The van der Waals surface area contributed by atoms with E-state index in [0.717, 1.165) is 5.56 Å². The van der Waals surface area contributed by atoms with Gasteiger partial charge in [-0.25, -0.2) is 19.7 Å². The Balaban J connectivity index is 1.92. The molecule has 0 bridgehead atoms. The number of nitrogens with zero attached hydrogens (tertiary/aromatic N) is 4. The molecule has 0 aliphatic rings. The summed E-state index contributed by atoms with van der Waals surface area (Å²) in [5.74, 6) is 0.136. The number of hydrogen-bond acceptors (Lipinski definition) is 7. The lowest BCUT2D eigenvalue weighted by atomic mass is 10.0. The van der Waals surface area contributed by atoms with Gasteiger partial charge < -0.3 is 16.6 Å². The van der Waals surface area contributed by atoms with Crippen LogP contribution in [-0.2, 0) is 0 Å². The van der Waals surface area contributed by atoms with Gasteiger partial charge in [-0.2, -0.15) is 5.10 Å². The van der Waals surface area contributed by atoms with Gasteiger partial charge in [0.25, 0.3) is 0 Å². The highest BCUT2D eigenvalue weighted by Crippen LogP contribution is 2.33. The maximum absolute atomic E-state index is 11.2. The van der Waals surface area contributed by atoms with Crippen molar-refractivity contribution >= 4 is 17.5 Å². The van der Waals surface area contributed by atoms with Crippen LogP contribution in [0.5, 0.6) is 0 Å². The quantitative estimate of drug-likeness (QED) is 0.389. The van der Waals surface area contributed by atoms with E-state index >= 15 is 0 Å². The lowest BCUT2D eigenvalue weighted by molar-refractivity contribution is 0.0697. The first kappa shape index (κ1) is 18.1. The van der Waals surface area contributed by atoms with Gasteiger partial charge in [-0.3, -0.25) is 5.10 Å². The second kappa shape index (κ2) is 7.04. The second-order valence-corrected chi connectivity index (χ2v) is 6.40. The number of hydrogen-bond donors (Lipinski definition) is 4. The van der Waals surface area contributed by atoms with Crippen molar-refractivity contribution in [1.82, 2.24) is 25.1 Å². The van der Waals surface area contributed by atoms with Gasteiger partial charge in [-0.05, 0) is 31.2 Å². The number of aromatic carboxylic acids is 1. The SMILES string of the molecule is Cc1nc(-c2nc(-c3ccc(N)cc3)c(-c3ccc(C(=O)O)cc3)nc2N)n[nH]1. The van der Waals surface area contributed by atoms with Crippen molar-refractivity contribution in [2.75, 3.05) is 11.5 Å². The molecule has 144 valence electrons. The molecule has 9 nitrogen and oxygen atoms in total. The zero-order chi connectivity index (χ0) is 20.5. The summed E-state index contributed by atoms with van der Waals surface area (Å²) in [6.45, 7) is 1.78. The Labute approximate surface area is 165 Å². The monoisotopic (exact) mass is 387 g/mol. The molecule has 0 radical (unpaired) electrons. The molecule has 2 aromatic heterocycles.